The second-order valence-corrected chi connectivity index (χ2v) is 7.59. The molecule has 2 N–H and O–H groups in total. The van der Waals surface area contributed by atoms with E-state index in [1.165, 1.54) is 6.42 Å². The van der Waals surface area contributed by atoms with Crippen LogP contribution < -0.4 is 15.4 Å². The number of methoxy groups -OCH3 is 1. The van der Waals surface area contributed by atoms with Crippen LogP contribution >= 0.6 is 0 Å². The van der Waals surface area contributed by atoms with Gasteiger partial charge in [-0.15, -0.1) is 0 Å². The van der Waals surface area contributed by atoms with Gasteiger partial charge in [-0.1, -0.05) is 12.1 Å². The van der Waals surface area contributed by atoms with Crippen molar-refractivity contribution in [3.05, 3.63) is 24.3 Å². The molecule has 24 heavy (non-hydrogen) atoms. The lowest BCUT2D eigenvalue weighted by atomic mass is 9.48. The van der Waals surface area contributed by atoms with Crippen LogP contribution in [0.4, 0.5) is 5.69 Å². The van der Waals surface area contributed by atoms with Crippen molar-refractivity contribution in [1.82, 2.24) is 5.32 Å². The predicted molar refractivity (Wildman–Crippen MR) is 90.6 cm³/mol. The highest BCUT2D eigenvalue weighted by Crippen LogP contribution is 2.58. The molecule has 4 aliphatic carbocycles. The van der Waals surface area contributed by atoms with E-state index in [0.29, 0.717) is 17.8 Å². The number of nitrogens with one attached hydrogen (secondary N) is 2. The molecule has 128 valence electrons. The number of anilines is 1. The van der Waals surface area contributed by atoms with Gasteiger partial charge in [0, 0.05) is 0 Å². The Morgan fingerprint density at radius 2 is 1.75 bits per heavy atom. The molecule has 0 saturated heterocycles. The van der Waals surface area contributed by atoms with E-state index in [2.05, 4.69) is 10.6 Å². The molecule has 0 unspecified atom stereocenters. The number of ether oxygens (including phenoxy) is 1. The summed E-state index contributed by atoms with van der Waals surface area (Å²) >= 11 is 0. The van der Waals surface area contributed by atoms with Gasteiger partial charge in [-0.2, -0.15) is 0 Å². The van der Waals surface area contributed by atoms with Gasteiger partial charge in [-0.25, -0.2) is 0 Å². The topological polar surface area (TPSA) is 67.4 Å². The number of amides is 2. The van der Waals surface area contributed by atoms with Crippen LogP contribution in [-0.2, 0) is 9.59 Å². The molecule has 5 rings (SSSR count). The Morgan fingerprint density at radius 3 is 2.33 bits per heavy atom. The molecule has 0 aromatic heterocycles. The quantitative estimate of drug-likeness (QED) is 0.816. The monoisotopic (exact) mass is 328 g/mol. The maximum absolute atomic E-state index is 13.3. The van der Waals surface area contributed by atoms with E-state index >= 15 is 0 Å². The van der Waals surface area contributed by atoms with Crippen LogP contribution in [0.15, 0.2) is 24.3 Å². The lowest BCUT2D eigenvalue weighted by Gasteiger charge is -2.59. The van der Waals surface area contributed by atoms with Gasteiger partial charge in [0.1, 0.15) is 11.3 Å². The van der Waals surface area contributed by atoms with Crippen molar-refractivity contribution in [3.63, 3.8) is 0 Å². The second kappa shape index (κ2) is 5.80. The summed E-state index contributed by atoms with van der Waals surface area (Å²) in [5, 5.41) is 5.99. The van der Waals surface area contributed by atoms with Gasteiger partial charge in [0.15, 0.2) is 0 Å². The summed E-state index contributed by atoms with van der Waals surface area (Å²) in [6, 6.07) is 7.40. The molecular formula is C19H24N2O3. The molecule has 4 fully saturated rings. The number of benzene rings is 1. The molecule has 1 aromatic rings. The minimum atomic E-state index is -0.768. The zero-order valence-corrected chi connectivity index (χ0v) is 14.0. The van der Waals surface area contributed by atoms with Crippen molar-refractivity contribution in [2.45, 2.75) is 37.6 Å². The van der Waals surface area contributed by atoms with Crippen molar-refractivity contribution in [2.24, 2.45) is 23.7 Å². The lowest BCUT2D eigenvalue weighted by Crippen LogP contribution is -2.70. The summed E-state index contributed by atoms with van der Waals surface area (Å²) in [7, 11) is 1.59. The summed E-state index contributed by atoms with van der Waals surface area (Å²) in [5.74, 6) is 2.49. The van der Waals surface area contributed by atoms with Gasteiger partial charge in [0.2, 0.25) is 6.41 Å². The molecule has 4 aliphatic rings. The van der Waals surface area contributed by atoms with Crippen molar-refractivity contribution in [1.29, 1.82) is 0 Å². The molecule has 4 bridgehead atoms. The standard InChI is InChI=1S/C19H24N2O3/c1-24-17-5-3-2-4-16(17)21-18(23)19(20-11-22)14-7-12-6-13(9-14)10-15(19)8-12/h2-5,11-15H,6-10H2,1H3,(H,20,22)(H,21,23). The normalized spacial score (nSPS) is 36.2. The molecule has 5 nitrogen and oxygen atoms in total. The third-order valence-corrected chi connectivity index (χ3v) is 6.45. The fourth-order valence-electron chi connectivity index (χ4n) is 5.67. The number of para-hydroxylation sites is 2. The molecular weight excluding hydrogens is 304 g/mol. The first-order valence-corrected chi connectivity index (χ1v) is 8.83. The summed E-state index contributed by atoms with van der Waals surface area (Å²) in [6.45, 7) is 0. The number of rotatable bonds is 5. The van der Waals surface area contributed by atoms with Gasteiger partial charge in [-0.3, -0.25) is 9.59 Å². The van der Waals surface area contributed by atoms with Crippen LogP contribution in [0.5, 0.6) is 5.75 Å². The summed E-state index contributed by atoms with van der Waals surface area (Å²) in [4.78, 5) is 24.7. The van der Waals surface area contributed by atoms with E-state index in [0.717, 1.165) is 37.5 Å². The maximum Gasteiger partial charge on any atom is 0.250 e. The van der Waals surface area contributed by atoms with Crippen LogP contribution in [0.25, 0.3) is 0 Å². The molecule has 0 radical (unpaired) electrons. The first kappa shape index (κ1) is 15.5. The summed E-state index contributed by atoms with van der Waals surface area (Å²) in [5.41, 5.74) is -0.110. The Bertz CT molecular complexity index is 630. The molecule has 1 aromatic carbocycles. The Morgan fingerprint density at radius 1 is 1.12 bits per heavy atom. The first-order chi connectivity index (χ1) is 11.7. The largest absolute Gasteiger partial charge is 0.495 e. The van der Waals surface area contributed by atoms with Crippen LogP contribution in [0.1, 0.15) is 32.1 Å². The van der Waals surface area contributed by atoms with Crippen molar-refractivity contribution >= 4 is 18.0 Å². The van der Waals surface area contributed by atoms with Crippen molar-refractivity contribution < 1.29 is 14.3 Å². The van der Waals surface area contributed by atoms with Gasteiger partial charge in [0.05, 0.1) is 12.8 Å². The zero-order valence-electron chi connectivity index (χ0n) is 14.0. The molecule has 4 saturated carbocycles. The third kappa shape index (κ3) is 2.21. The molecule has 0 heterocycles. The van der Waals surface area contributed by atoms with E-state index in [1.54, 1.807) is 7.11 Å². The highest BCUT2D eigenvalue weighted by Gasteiger charge is 2.61. The first-order valence-electron chi connectivity index (χ1n) is 8.83. The Kier molecular flexibility index (Phi) is 3.74. The van der Waals surface area contributed by atoms with E-state index < -0.39 is 5.54 Å². The summed E-state index contributed by atoms with van der Waals surface area (Å²) in [6.07, 6.45) is 6.21. The maximum atomic E-state index is 13.3. The average molecular weight is 328 g/mol. The van der Waals surface area contributed by atoms with Gasteiger partial charge >= 0.3 is 0 Å². The highest BCUT2D eigenvalue weighted by atomic mass is 16.5. The fraction of sp³-hybridized carbons (Fsp3) is 0.579. The molecule has 5 heteroatoms. The van der Waals surface area contributed by atoms with Crippen LogP contribution in [0, 0.1) is 23.7 Å². The lowest BCUT2D eigenvalue weighted by molar-refractivity contribution is -0.144. The smallest absolute Gasteiger partial charge is 0.250 e. The third-order valence-electron chi connectivity index (χ3n) is 6.45. The van der Waals surface area contributed by atoms with Crippen molar-refractivity contribution in [2.75, 3.05) is 12.4 Å². The van der Waals surface area contributed by atoms with Crippen LogP contribution in [0.2, 0.25) is 0 Å². The van der Waals surface area contributed by atoms with Gasteiger partial charge in [-0.05, 0) is 67.9 Å². The van der Waals surface area contributed by atoms with Crippen LogP contribution in [0.3, 0.4) is 0 Å². The number of carbonyl (C=O) groups is 2. The van der Waals surface area contributed by atoms with E-state index in [9.17, 15) is 9.59 Å². The number of hydrogen-bond acceptors (Lipinski definition) is 3. The van der Waals surface area contributed by atoms with E-state index in [1.807, 2.05) is 24.3 Å². The minimum Gasteiger partial charge on any atom is -0.495 e. The molecule has 0 aliphatic heterocycles. The SMILES string of the molecule is COc1ccccc1NC(=O)C1(NC=O)C2CC3CC(C2)CC1C3. The Balaban J connectivity index is 1.66. The van der Waals surface area contributed by atoms with E-state index in [-0.39, 0.29) is 17.7 Å². The Labute approximate surface area is 142 Å². The zero-order chi connectivity index (χ0) is 16.7. The minimum absolute atomic E-state index is 0.0899. The van der Waals surface area contributed by atoms with Gasteiger partial charge in [0.25, 0.3) is 5.91 Å². The second-order valence-electron chi connectivity index (χ2n) is 7.59. The predicted octanol–water partition coefficient (Wildman–Crippen LogP) is 2.57. The van der Waals surface area contributed by atoms with Crippen LogP contribution in [-0.4, -0.2) is 25.0 Å². The molecule has 0 spiro atoms. The van der Waals surface area contributed by atoms with Gasteiger partial charge < -0.3 is 15.4 Å². The molecule has 0 atom stereocenters. The average Bonchev–Trinajstić information content (AvgIpc) is 2.58. The number of carbonyl (C=O) groups excluding carboxylic acids is 2. The van der Waals surface area contributed by atoms with E-state index in [4.69, 9.17) is 4.74 Å². The highest BCUT2D eigenvalue weighted by molar-refractivity contribution is 6.01. The Hall–Kier alpha value is -2.04. The summed E-state index contributed by atoms with van der Waals surface area (Å²) < 4.78 is 5.34. The van der Waals surface area contributed by atoms with Crippen molar-refractivity contribution in [3.8, 4) is 5.75 Å². The number of hydrogen-bond donors (Lipinski definition) is 2. The molecule has 2 amide bonds. The fourth-order valence-corrected chi connectivity index (χ4v) is 5.67.